The zero-order valence-corrected chi connectivity index (χ0v) is 11.3. The average Bonchev–Trinajstić information content (AvgIpc) is 2.48. The number of nitrogens with zero attached hydrogens (tertiary/aromatic N) is 2. The molecule has 0 saturated heterocycles. The maximum atomic E-state index is 14.0. The van der Waals surface area contributed by atoms with Gasteiger partial charge in [0.25, 0.3) is 0 Å². The Morgan fingerprint density at radius 3 is 2.68 bits per heavy atom. The minimum Gasteiger partial charge on any atom is -0.443 e. The number of fused-ring (bicyclic) bond motifs is 1. The molecule has 98 valence electrons. The van der Waals surface area contributed by atoms with Gasteiger partial charge in [0, 0.05) is 17.5 Å². The molecule has 4 nitrogen and oxygen atoms in total. The Hall–Kier alpha value is -1.85. The van der Waals surface area contributed by atoms with Crippen LogP contribution in [0.4, 0.5) is 9.18 Å². The minimum absolute atomic E-state index is 0.203. The summed E-state index contributed by atoms with van der Waals surface area (Å²) < 4.78 is 20.2. The smallest absolute Gasteiger partial charge is 0.418 e. The van der Waals surface area contributed by atoms with Crippen molar-refractivity contribution >= 4 is 30.4 Å². The molecule has 0 fully saturated rings. The molecule has 0 saturated carbocycles. The van der Waals surface area contributed by atoms with E-state index in [1.807, 2.05) is 0 Å². The van der Waals surface area contributed by atoms with Crippen LogP contribution in [0.5, 0.6) is 0 Å². The Labute approximate surface area is 112 Å². The van der Waals surface area contributed by atoms with E-state index in [1.165, 1.54) is 6.20 Å². The van der Waals surface area contributed by atoms with E-state index in [0.29, 0.717) is 11.2 Å². The summed E-state index contributed by atoms with van der Waals surface area (Å²) in [5, 5.41) is 0.203. The number of aryl methyl sites for hydroxylation is 1. The summed E-state index contributed by atoms with van der Waals surface area (Å²) in [5.41, 5.74) is 0.0711. The number of carbonyl (C=O) groups excluding carboxylic acids is 1. The third-order valence-corrected chi connectivity index (χ3v) is 2.54. The highest BCUT2D eigenvalue weighted by Gasteiger charge is 2.23. The molecule has 0 unspecified atom stereocenters. The van der Waals surface area contributed by atoms with E-state index < -0.39 is 17.5 Å². The summed E-state index contributed by atoms with van der Waals surface area (Å²) in [6.45, 7) is 6.95. The summed E-state index contributed by atoms with van der Waals surface area (Å²) in [5.74, 6) is -0.659. The summed E-state index contributed by atoms with van der Waals surface area (Å²) in [4.78, 5) is 16.1. The monoisotopic (exact) mass is 260 g/mol. The lowest BCUT2D eigenvalue weighted by molar-refractivity contribution is 0.0548. The Bertz CT molecular complexity index is 659. The minimum atomic E-state index is -0.704. The number of pyridine rings is 1. The van der Waals surface area contributed by atoms with Crippen LogP contribution < -0.4 is 5.59 Å². The standard InChI is InChI=1S/C13H14BFN2O2/c1-7-5-9-8(6-16-7)10(15)11(14)17(9)12(18)19-13(2,3)4/h5-6H,1-4H3. The van der Waals surface area contributed by atoms with Crippen molar-refractivity contribution in [3.05, 3.63) is 23.8 Å². The first kappa shape index (κ1) is 13.6. The van der Waals surface area contributed by atoms with Crippen LogP contribution in [0.25, 0.3) is 10.9 Å². The van der Waals surface area contributed by atoms with E-state index >= 15 is 0 Å². The highest BCUT2D eigenvalue weighted by atomic mass is 19.1. The number of halogens is 1. The van der Waals surface area contributed by atoms with E-state index in [4.69, 9.17) is 12.6 Å². The van der Waals surface area contributed by atoms with Crippen LogP contribution >= 0.6 is 0 Å². The van der Waals surface area contributed by atoms with Gasteiger partial charge < -0.3 is 4.74 Å². The number of hydrogen-bond acceptors (Lipinski definition) is 3. The first-order chi connectivity index (χ1) is 8.70. The maximum absolute atomic E-state index is 14.0. The molecule has 0 atom stereocenters. The molecule has 2 aromatic heterocycles. The maximum Gasteiger partial charge on any atom is 0.418 e. The molecule has 2 aromatic rings. The van der Waals surface area contributed by atoms with Gasteiger partial charge in [-0.15, -0.1) is 0 Å². The molecule has 0 spiro atoms. The fourth-order valence-electron chi connectivity index (χ4n) is 1.77. The Morgan fingerprint density at radius 2 is 2.11 bits per heavy atom. The van der Waals surface area contributed by atoms with Crippen LogP contribution in [-0.2, 0) is 4.74 Å². The number of hydrogen-bond donors (Lipinski definition) is 0. The van der Waals surface area contributed by atoms with Gasteiger partial charge in [0.1, 0.15) is 19.3 Å². The highest BCUT2D eigenvalue weighted by Crippen LogP contribution is 2.19. The number of ether oxygens (including phenoxy) is 1. The predicted octanol–water partition coefficient (Wildman–Crippen LogP) is 2.06. The van der Waals surface area contributed by atoms with Crippen molar-refractivity contribution in [2.75, 3.05) is 0 Å². The van der Waals surface area contributed by atoms with Gasteiger partial charge in [0.05, 0.1) is 10.9 Å². The molecule has 19 heavy (non-hydrogen) atoms. The fourth-order valence-corrected chi connectivity index (χ4v) is 1.77. The van der Waals surface area contributed by atoms with Crippen molar-refractivity contribution < 1.29 is 13.9 Å². The molecule has 2 heterocycles. The third kappa shape index (κ3) is 2.48. The van der Waals surface area contributed by atoms with Crippen LogP contribution in [0.1, 0.15) is 26.5 Å². The normalized spacial score (nSPS) is 11.8. The molecule has 2 radical (unpaired) electrons. The molecule has 0 aliphatic heterocycles. The molecular formula is C13H14BFN2O2. The molecule has 0 aromatic carbocycles. The Kier molecular flexibility index (Phi) is 3.12. The summed E-state index contributed by atoms with van der Waals surface area (Å²) in [6, 6.07) is 1.60. The van der Waals surface area contributed by atoms with Crippen molar-refractivity contribution in [3.63, 3.8) is 0 Å². The number of carbonyl (C=O) groups is 1. The van der Waals surface area contributed by atoms with Gasteiger partial charge in [0.2, 0.25) is 0 Å². The van der Waals surface area contributed by atoms with E-state index in [1.54, 1.807) is 33.8 Å². The second-order valence-electron chi connectivity index (χ2n) is 5.36. The zero-order chi connectivity index (χ0) is 14.4. The summed E-state index contributed by atoms with van der Waals surface area (Å²) >= 11 is 0. The summed E-state index contributed by atoms with van der Waals surface area (Å²) in [7, 11) is 5.64. The first-order valence-corrected chi connectivity index (χ1v) is 5.86. The van der Waals surface area contributed by atoms with Crippen LogP contribution in [0.15, 0.2) is 12.3 Å². The molecule has 0 amide bonds. The Morgan fingerprint density at radius 1 is 1.47 bits per heavy atom. The van der Waals surface area contributed by atoms with Crippen LogP contribution in [0.2, 0.25) is 0 Å². The van der Waals surface area contributed by atoms with Crippen LogP contribution in [0, 0.1) is 12.7 Å². The van der Waals surface area contributed by atoms with Crippen molar-refractivity contribution in [3.8, 4) is 0 Å². The largest absolute Gasteiger partial charge is 0.443 e. The van der Waals surface area contributed by atoms with Crippen molar-refractivity contribution in [2.45, 2.75) is 33.3 Å². The molecular weight excluding hydrogens is 246 g/mol. The van der Waals surface area contributed by atoms with Gasteiger partial charge in [-0.25, -0.2) is 9.18 Å². The van der Waals surface area contributed by atoms with E-state index in [2.05, 4.69) is 4.98 Å². The third-order valence-electron chi connectivity index (χ3n) is 2.54. The van der Waals surface area contributed by atoms with Gasteiger partial charge in [-0.05, 0) is 33.8 Å². The van der Waals surface area contributed by atoms with Gasteiger partial charge in [-0.1, -0.05) is 0 Å². The number of rotatable bonds is 0. The average molecular weight is 260 g/mol. The van der Waals surface area contributed by atoms with E-state index in [0.717, 1.165) is 4.57 Å². The molecule has 0 aliphatic carbocycles. The zero-order valence-electron chi connectivity index (χ0n) is 11.3. The van der Waals surface area contributed by atoms with Crippen LogP contribution in [0.3, 0.4) is 0 Å². The van der Waals surface area contributed by atoms with E-state index in [-0.39, 0.29) is 11.0 Å². The molecule has 0 aliphatic rings. The topological polar surface area (TPSA) is 44.1 Å². The van der Waals surface area contributed by atoms with Gasteiger partial charge in [0.15, 0.2) is 0 Å². The quantitative estimate of drug-likeness (QED) is 0.681. The lowest BCUT2D eigenvalue weighted by atomic mass is 10.0. The van der Waals surface area contributed by atoms with Gasteiger partial charge >= 0.3 is 6.09 Å². The predicted molar refractivity (Wildman–Crippen MR) is 71.4 cm³/mol. The van der Waals surface area contributed by atoms with Gasteiger partial charge in [-0.3, -0.25) is 9.55 Å². The highest BCUT2D eigenvalue weighted by molar-refractivity contribution is 6.34. The lowest BCUT2D eigenvalue weighted by Crippen LogP contribution is -2.33. The molecule has 0 bridgehead atoms. The molecule has 0 N–H and O–H groups in total. The fraction of sp³-hybridized carbons (Fsp3) is 0.385. The van der Waals surface area contributed by atoms with Crippen LogP contribution in [-0.4, -0.2) is 29.1 Å². The Balaban J connectivity index is 2.62. The van der Waals surface area contributed by atoms with Crippen molar-refractivity contribution in [1.82, 2.24) is 9.55 Å². The number of aromatic nitrogens is 2. The summed E-state index contributed by atoms with van der Waals surface area (Å²) in [6.07, 6.45) is 0.654. The molecule has 2 rings (SSSR count). The van der Waals surface area contributed by atoms with E-state index in [9.17, 15) is 9.18 Å². The second-order valence-corrected chi connectivity index (χ2v) is 5.36. The van der Waals surface area contributed by atoms with Gasteiger partial charge in [-0.2, -0.15) is 0 Å². The van der Waals surface area contributed by atoms with Crippen molar-refractivity contribution in [2.24, 2.45) is 0 Å². The van der Waals surface area contributed by atoms with Crippen molar-refractivity contribution in [1.29, 1.82) is 0 Å². The first-order valence-electron chi connectivity index (χ1n) is 5.86. The lowest BCUT2D eigenvalue weighted by Gasteiger charge is -2.20. The second kappa shape index (κ2) is 4.37. The molecule has 6 heteroatoms. The SMILES string of the molecule is [B]c1c(F)c2cnc(C)cc2n1C(=O)OC(C)(C)C.